The Morgan fingerprint density at radius 1 is 0.875 bits per heavy atom. The molecule has 0 aliphatic rings. The summed E-state index contributed by atoms with van der Waals surface area (Å²) in [5.41, 5.74) is 0. The van der Waals surface area contributed by atoms with Gasteiger partial charge in [0.25, 0.3) is 0 Å². The summed E-state index contributed by atoms with van der Waals surface area (Å²) in [7, 11) is 0. The van der Waals surface area contributed by atoms with E-state index in [1.807, 2.05) is 13.8 Å². The Kier molecular flexibility index (Phi) is 6.77. The Morgan fingerprint density at radius 2 is 1.38 bits per heavy atom. The molecule has 1 unspecified atom stereocenters. The van der Waals surface area contributed by atoms with Crippen molar-refractivity contribution >= 4 is 11.9 Å². The van der Waals surface area contributed by atoms with Crippen molar-refractivity contribution in [3.8, 4) is 0 Å². The lowest BCUT2D eigenvalue weighted by atomic mass is 10.1. The van der Waals surface area contributed by atoms with E-state index in [9.17, 15) is 9.59 Å². The van der Waals surface area contributed by atoms with Crippen LogP contribution in [0.4, 0.5) is 0 Å². The first-order valence-electron chi connectivity index (χ1n) is 5.70. The Morgan fingerprint density at radius 3 is 1.81 bits per heavy atom. The number of rotatable bonds is 6. The van der Waals surface area contributed by atoms with E-state index in [1.54, 1.807) is 20.8 Å². The molecule has 0 N–H and O–H groups in total. The van der Waals surface area contributed by atoms with E-state index in [-0.39, 0.29) is 30.4 Å². The summed E-state index contributed by atoms with van der Waals surface area (Å²) in [6.07, 6.45) is -0.0606. The van der Waals surface area contributed by atoms with E-state index in [0.717, 1.165) is 0 Å². The van der Waals surface area contributed by atoms with Crippen molar-refractivity contribution in [2.24, 2.45) is 5.92 Å². The summed E-state index contributed by atoms with van der Waals surface area (Å²) < 4.78 is 10.0. The fourth-order valence-electron chi connectivity index (χ4n) is 1.19. The summed E-state index contributed by atoms with van der Waals surface area (Å²) in [4.78, 5) is 22.5. The van der Waals surface area contributed by atoms with Crippen LogP contribution in [-0.4, -0.2) is 24.1 Å². The number of hydrogen-bond acceptors (Lipinski definition) is 4. The molecular formula is C12H22O4. The third-order valence-electron chi connectivity index (χ3n) is 1.73. The Bertz CT molecular complexity index is 209. The highest BCUT2D eigenvalue weighted by atomic mass is 16.6. The van der Waals surface area contributed by atoms with E-state index in [1.165, 1.54) is 0 Å². The molecule has 0 aromatic carbocycles. The molecule has 0 fully saturated rings. The van der Waals surface area contributed by atoms with E-state index in [2.05, 4.69) is 0 Å². The monoisotopic (exact) mass is 230 g/mol. The molecule has 4 nitrogen and oxygen atoms in total. The van der Waals surface area contributed by atoms with Gasteiger partial charge in [-0.2, -0.15) is 0 Å². The molecule has 0 radical (unpaired) electrons. The zero-order valence-electron chi connectivity index (χ0n) is 10.8. The van der Waals surface area contributed by atoms with Crippen molar-refractivity contribution in [1.82, 2.24) is 0 Å². The number of ether oxygens (including phenoxy) is 2. The smallest absolute Gasteiger partial charge is 0.309 e. The maximum absolute atomic E-state index is 11.3. The van der Waals surface area contributed by atoms with E-state index in [4.69, 9.17) is 9.47 Å². The maximum Gasteiger partial charge on any atom is 0.309 e. The molecule has 94 valence electrons. The molecule has 0 aliphatic heterocycles. The molecule has 16 heavy (non-hydrogen) atoms. The molecule has 0 amide bonds. The average molecular weight is 230 g/mol. The van der Waals surface area contributed by atoms with Crippen LogP contribution in [0.2, 0.25) is 0 Å². The largest absolute Gasteiger partial charge is 0.463 e. The lowest BCUT2D eigenvalue weighted by molar-refractivity contribution is -0.156. The van der Waals surface area contributed by atoms with Gasteiger partial charge in [-0.3, -0.25) is 9.59 Å². The predicted octanol–water partition coefficient (Wildman–Crippen LogP) is 2.31. The van der Waals surface area contributed by atoms with Crippen molar-refractivity contribution in [3.05, 3.63) is 0 Å². The Labute approximate surface area is 97.3 Å². The number of carbonyl (C=O) groups excluding carboxylic acids is 2. The zero-order valence-corrected chi connectivity index (χ0v) is 10.8. The van der Waals surface area contributed by atoms with E-state index >= 15 is 0 Å². The molecule has 0 bridgehead atoms. The fraction of sp³-hybridized carbons (Fsp3) is 0.833. The lowest BCUT2D eigenvalue weighted by Crippen LogP contribution is -2.22. The van der Waals surface area contributed by atoms with Gasteiger partial charge in [0, 0.05) is 6.42 Å². The molecule has 0 aromatic heterocycles. The molecule has 0 saturated carbocycles. The average Bonchev–Trinajstić information content (AvgIpc) is 1.97. The minimum Gasteiger partial charge on any atom is -0.463 e. The summed E-state index contributed by atoms with van der Waals surface area (Å²) in [6.45, 7) is 9.15. The van der Waals surface area contributed by atoms with Crippen molar-refractivity contribution in [2.45, 2.75) is 59.7 Å². The second-order valence-electron chi connectivity index (χ2n) is 4.64. The molecule has 1 atom stereocenters. The number of hydrogen-bond donors (Lipinski definition) is 0. The molecule has 0 spiro atoms. The van der Waals surface area contributed by atoms with Crippen LogP contribution in [0.3, 0.4) is 0 Å². The van der Waals surface area contributed by atoms with Crippen molar-refractivity contribution in [2.75, 3.05) is 0 Å². The highest BCUT2D eigenvalue weighted by Crippen LogP contribution is 2.06. The molecule has 0 aromatic rings. The van der Waals surface area contributed by atoms with Crippen LogP contribution < -0.4 is 0 Å². The minimum absolute atomic E-state index is 0.113. The Hall–Kier alpha value is -1.06. The summed E-state index contributed by atoms with van der Waals surface area (Å²) >= 11 is 0. The Balaban J connectivity index is 3.85. The zero-order chi connectivity index (χ0) is 12.7. The second-order valence-corrected chi connectivity index (χ2v) is 4.64. The quantitative estimate of drug-likeness (QED) is 0.657. The van der Waals surface area contributed by atoms with Gasteiger partial charge in [0.2, 0.25) is 0 Å². The van der Waals surface area contributed by atoms with Crippen LogP contribution in [0.25, 0.3) is 0 Å². The minimum atomic E-state index is -0.419. The van der Waals surface area contributed by atoms with Crippen LogP contribution in [0.5, 0.6) is 0 Å². The van der Waals surface area contributed by atoms with Crippen LogP contribution in [0.1, 0.15) is 47.5 Å². The van der Waals surface area contributed by atoms with Crippen LogP contribution >= 0.6 is 0 Å². The number of esters is 2. The van der Waals surface area contributed by atoms with Gasteiger partial charge in [-0.25, -0.2) is 0 Å². The number of carbonyl (C=O) groups is 2. The van der Waals surface area contributed by atoms with Gasteiger partial charge in [-0.05, 0) is 26.7 Å². The van der Waals surface area contributed by atoms with Gasteiger partial charge in [-0.1, -0.05) is 13.8 Å². The topological polar surface area (TPSA) is 52.6 Å². The van der Waals surface area contributed by atoms with E-state index < -0.39 is 6.10 Å². The van der Waals surface area contributed by atoms with Gasteiger partial charge in [0.15, 0.2) is 0 Å². The lowest BCUT2D eigenvalue weighted by Gasteiger charge is -2.14. The third kappa shape index (κ3) is 8.26. The van der Waals surface area contributed by atoms with Crippen molar-refractivity contribution < 1.29 is 19.1 Å². The summed E-state index contributed by atoms with van der Waals surface area (Å²) in [5.74, 6) is -0.331. The van der Waals surface area contributed by atoms with Crippen molar-refractivity contribution in [3.63, 3.8) is 0 Å². The van der Waals surface area contributed by atoms with Gasteiger partial charge in [0.05, 0.1) is 12.5 Å². The predicted molar refractivity (Wildman–Crippen MR) is 60.9 cm³/mol. The van der Waals surface area contributed by atoms with E-state index in [0.29, 0.717) is 6.42 Å². The normalized spacial score (nSPS) is 12.7. The summed E-state index contributed by atoms with van der Waals surface area (Å²) in [6, 6.07) is 0. The second kappa shape index (κ2) is 7.25. The van der Waals surface area contributed by atoms with Gasteiger partial charge >= 0.3 is 11.9 Å². The third-order valence-corrected chi connectivity index (χ3v) is 1.73. The standard InChI is InChI=1S/C12H22O4/c1-8(2)6-11(13)16-10(5)7-12(14)15-9(3)4/h8-10H,6-7H2,1-5H3. The first-order valence-corrected chi connectivity index (χ1v) is 5.70. The van der Waals surface area contributed by atoms with Crippen LogP contribution in [0.15, 0.2) is 0 Å². The van der Waals surface area contributed by atoms with Crippen LogP contribution in [0, 0.1) is 5.92 Å². The molecule has 0 saturated heterocycles. The highest BCUT2D eigenvalue weighted by Gasteiger charge is 2.16. The maximum atomic E-state index is 11.3. The fourth-order valence-corrected chi connectivity index (χ4v) is 1.19. The first-order chi connectivity index (χ1) is 7.31. The van der Waals surface area contributed by atoms with Gasteiger partial charge in [-0.15, -0.1) is 0 Å². The summed E-state index contributed by atoms with van der Waals surface area (Å²) in [5, 5.41) is 0. The highest BCUT2D eigenvalue weighted by molar-refractivity contribution is 5.72. The molecule has 4 heteroatoms. The van der Waals surface area contributed by atoms with Crippen molar-refractivity contribution in [1.29, 1.82) is 0 Å². The SMILES string of the molecule is CC(C)CC(=O)OC(C)CC(=O)OC(C)C. The molecule has 0 heterocycles. The van der Waals surface area contributed by atoms with Gasteiger partial charge in [0.1, 0.15) is 6.10 Å². The molecule has 0 rings (SSSR count). The molecule has 0 aliphatic carbocycles. The molecular weight excluding hydrogens is 208 g/mol. The van der Waals surface area contributed by atoms with Crippen LogP contribution in [-0.2, 0) is 19.1 Å². The van der Waals surface area contributed by atoms with Gasteiger partial charge < -0.3 is 9.47 Å². The first kappa shape index (κ1) is 14.9.